The summed E-state index contributed by atoms with van der Waals surface area (Å²) >= 11 is 0. The van der Waals surface area contributed by atoms with E-state index in [0.29, 0.717) is 6.61 Å². The first kappa shape index (κ1) is 14.8. The Morgan fingerprint density at radius 3 is 2.20 bits per heavy atom. The lowest BCUT2D eigenvalue weighted by Gasteiger charge is -2.28. The average molecular weight is 220 g/mol. The maximum absolute atomic E-state index is 9.84. The van der Waals surface area contributed by atoms with Crippen molar-refractivity contribution in [2.75, 3.05) is 13.2 Å². The summed E-state index contributed by atoms with van der Waals surface area (Å²) < 4.78 is 10.8. The van der Waals surface area contributed by atoms with E-state index < -0.39 is 12.2 Å². The molecule has 0 spiro atoms. The Hall–Kier alpha value is -0.160. The van der Waals surface area contributed by atoms with Crippen molar-refractivity contribution < 1.29 is 19.7 Å². The molecule has 0 fully saturated rings. The van der Waals surface area contributed by atoms with Crippen molar-refractivity contribution in [2.24, 2.45) is 0 Å². The van der Waals surface area contributed by atoms with Crippen LogP contribution in [0.15, 0.2) is 0 Å². The van der Waals surface area contributed by atoms with Crippen molar-refractivity contribution in [3.8, 4) is 0 Å². The van der Waals surface area contributed by atoms with E-state index in [4.69, 9.17) is 14.6 Å². The van der Waals surface area contributed by atoms with E-state index in [1.165, 1.54) is 0 Å². The highest BCUT2D eigenvalue weighted by atomic mass is 16.5. The van der Waals surface area contributed by atoms with Crippen molar-refractivity contribution in [3.63, 3.8) is 0 Å². The maximum Gasteiger partial charge on any atom is 0.109 e. The first-order valence-corrected chi connectivity index (χ1v) is 5.62. The number of aliphatic hydroxyl groups is 2. The average Bonchev–Trinajstić information content (AvgIpc) is 2.24. The molecule has 0 rings (SSSR count). The predicted molar refractivity (Wildman–Crippen MR) is 58.8 cm³/mol. The lowest BCUT2D eigenvalue weighted by molar-refractivity contribution is -0.131. The highest BCUT2D eigenvalue weighted by molar-refractivity contribution is 4.75. The highest BCUT2D eigenvalue weighted by Crippen LogP contribution is 2.11. The molecule has 0 aromatic carbocycles. The zero-order valence-corrected chi connectivity index (χ0v) is 10.1. The minimum Gasteiger partial charge on any atom is -0.394 e. The first-order chi connectivity index (χ1) is 7.06. The zero-order valence-electron chi connectivity index (χ0n) is 10.1. The van der Waals surface area contributed by atoms with Crippen molar-refractivity contribution in [1.82, 2.24) is 0 Å². The summed E-state index contributed by atoms with van der Waals surface area (Å²) in [7, 11) is 0. The van der Waals surface area contributed by atoms with Gasteiger partial charge in [0.15, 0.2) is 0 Å². The summed E-state index contributed by atoms with van der Waals surface area (Å²) in [5, 5.41) is 18.9. The minimum atomic E-state index is -0.788. The van der Waals surface area contributed by atoms with E-state index in [1.807, 2.05) is 20.8 Å². The predicted octanol–water partition coefficient (Wildman–Crippen LogP) is 0.948. The van der Waals surface area contributed by atoms with Crippen molar-refractivity contribution in [3.05, 3.63) is 0 Å². The van der Waals surface area contributed by atoms with Crippen LogP contribution in [0.4, 0.5) is 0 Å². The van der Waals surface area contributed by atoms with Gasteiger partial charge in [0, 0.05) is 6.61 Å². The van der Waals surface area contributed by atoms with Gasteiger partial charge in [0.2, 0.25) is 0 Å². The van der Waals surface area contributed by atoms with Crippen LogP contribution >= 0.6 is 0 Å². The third-order valence-corrected chi connectivity index (χ3v) is 2.44. The number of ether oxygens (including phenoxy) is 2. The maximum atomic E-state index is 9.84. The van der Waals surface area contributed by atoms with Crippen LogP contribution < -0.4 is 0 Å². The summed E-state index contributed by atoms with van der Waals surface area (Å²) in [6.07, 6.45) is -0.674. The SMILES string of the molecule is CCOC(CO)[C@@H](O)[C@@H](C)OC(C)CC. The molecule has 0 saturated heterocycles. The third-order valence-electron chi connectivity index (χ3n) is 2.44. The molecule has 0 bridgehead atoms. The van der Waals surface area contributed by atoms with Crippen LogP contribution in [0.2, 0.25) is 0 Å². The molecule has 15 heavy (non-hydrogen) atoms. The molecule has 0 radical (unpaired) electrons. The third kappa shape index (κ3) is 5.47. The Morgan fingerprint density at radius 2 is 1.80 bits per heavy atom. The summed E-state index contributed by atoms with van der Waals surface area (Å²) in [5.74, 6) is 0. The molecule has 4 atom stereocenters. The number of aliphatic hydroxyl groups excluding tert-OH is 2. The van der Waals surface area contributed by atoms with Crippen LogP contribution in [0.5, 0.6) is 0 Å². The summed E-state index contributed by atoms with van der Waals surface area (Å²) in [6, 6.07) is 0. The summed E-state index contributed by atoms with van der Waals surface area (Å²) in [5.41, 5.74) is 0. The van der Waals surface area contributed by atoms with E-state index in [1.54, 1.807) is 6.92 Å². The topological polar surface area (TPSA) is 58.9 Å². The fourth-order valence-electron chi connectivity index (χ4n) is 1.32. The van der Waals surface area contributed by atoms with Gasteiger partial charge in [-0.15, -0.1) is 0 Å². The molecular weight excluding hydrogens is 196 g/mol. The molecule has 0 aromatic heterocycles. The molecule has 0 amide bonds. The van der Waals surface area contributed by atoms with Crippen molar-refractivity contribution in [2.45, 2.75) is 58.5 Å². The Balaban J connectivity index is 4.08. The molecule has 4 nitrogen and oxygen atoms in total. The fraction of sp³-hybridized carbons (Fsp3) is 1.00. The fourth-order valence-corrected chi connectivity index (χ4v) is 1.32. The number of rotatable bonds is 8. The van der Waals surface area contributed by atoms with E-state index in [9.17, 15) is 5.11 Å². The Kier molecular flexibility index (Phi) is 7.96. The molecule has 92 valence electrons. The van der Waals surface area contributed by atoms with Gasteiger partial charge in [0.25, 0.3) is 0 Å². The normalized spacial score (nSPS) is 19.6. The van der Waals surface area contributed by atoms with Crippen LogP contribution in [-0.2, 0) is 9.47 Å². The second-order valence-electron chi connectivity index (χ2n) is 3.73. The molecule has 2 N–H and O–H groups in total. The molecule has 0 saturated carbocycles. The van der Waals surface area contributed by atoms with Crippen LogP contribution in [0, 0.1) is 0 Å². The standard InChI is InChI=1S/C11H24O4/c1-5-8(3)15-9(4)11(13)10(7-12)14-6-2/h8-13H,5-7H2,1-4H3/t8?,9-,10?,11+/m1/s1. The van der Waals surface area contributed by atoms with Crippen molar-refractivity contribution >= 4 is 0 Å². The molecule has 0 aromatic rings. The smallest absolute Gasteiger partial charge is 0.109 e. The molecular formula is C11H24O4. The lowest BCUT2D eigenvalue weighted by atomic mass is 10.1. The van der Waals surface area contributed by atoms with Gasteiger partial charge in [0.05, 0.1) is 18.8 Å². The van der Waals surface area contributed by atoms with Gasteiger partial charge in [-0.1, -0.05) is 6.92 Å². The van der Waals surface area contributed by atoms with Crippen LogP contribution in [-0.4, -0.2) is 47.8 Å². The second kappa shape index (κ2) is 8.05. The van der Waals surface area contributed by atoms with E-state index in [0.717, 1.165) is 6.42 Å². The number of hydrogen-bond acceptors (Lipinski definition) is 4. The van der Waals surface area contributed by atoms with Crippen LogP contribution in [0.3, 0.4) is 0 Å². The van der Waals surface area contributed by atoms with Gasteiger partial charge in [0.1, 0.15) is 12.2 Å². The van der Waals surface area contributed by atoms with E-state index >= 15 is 0 Å². The summed E-state index contributed by atoms with van der Waals surface area (Å²) in [4.78, 5) is 0. The van der Waals surface area contributed by atoms with Gasteiger partial charge >= 0.3 is 0 Å². The van der Waals surface area contributed by atoms with E-state index in [2.05, 4.69) is 0 Å². The van der Waals surface area contributed by atoms with Gasteiger partial charge in [-0.25, -0.2) is 0 Å². The molecule has 4 heteroatoms. The Morgan fingerprint density at radius 1 is 1.20 bits per heavy atom. The van der Waals surface area contributed by atoms with Gasteiger partial charge in [-0.05, 0) is 27.2 Å². The van der Waals surface area contributed by atoms with Gasteiger partial charge in [-0.3, -0.25) is 0 Å². The monoisotopic (exact) mass is 220 g/mol. The molecule has 2 unspecified atom stereocenters. The molecule has 0 aliphatic carbocycles. The second-order valence-corrected chi connectivity index (χ2v) is 3.73. The van der Waals surface area contributed by atoms with Gasteiger partial charge in [-0.2, -0.15) is 0 Å². The van der Waals surface area contributed by atoms with Crippen LogP contribution in [0.25, 0.3) is 0 Å². The Labute approximate surface area is 92.2 Å². The Bertz CT molecular complexity index is 152. The van der Waals surface area contributed by atoms with Crippen molar-refractivity contribution in [1.29, 1.82) is 0 Å². The largest absolute Gasteiger partial charge is 0.394 e. The minimum absolute atomic E-state index is 0.107. The van der Waals surface area contributed by atoms with Crippen LogP contribution in [0.1, 0.15) is 34.1 Å². The highest BCUT2D eigenvalue weighted by Gasteiger charge is 2.26. The van der Waals surface area contributed by atoms with Gasteiger partial charge < -0.3 is 19.7 Å². The van der Waals surface area contributed by atoms with E-state index in [-0.39, 0.29) is 18.8 Å². The first-order valence-electron chi connectivity index (χ1n) is 5.62. The quantitative estimate of drug-likeness (QED) is 0.639. The summed E-state index contributed by atoms with van der Waals surface area (Å²) in [6.45, 7) is 7.88. The molecule has 0 heterocycles. The molecule has 0 aliphatic heterocycles. The lowest BCUT2D eigenvalue weighted by Crippen LogP contribution is -2.42. The number of hydrogen-bond donors (Lipinski definition) is 2. The zero-order chi connectivity index (χ0) is 11.8. The molecule has 0 aliphatic rings.